The summed E-state index contributed by atoms with van der Waals surface area (Å²) in [6, 6.07) is 6.26. The molecule has 0 unspecified atom stereocenters. The Balaban J connectivity index is 2.24. The molecule has 1 N–H and O–H groups in total. The summed E-state index contributed by atoms with van der Waals surface area (Å²) in [5.41, 5.74) is 1.68. The van der Waals surface area contributed by atoms with E-state index < -0.39 is 0 Å². The molecule has 0 aliphatic heterocycles. The topological polar surface area (TPSA) is 36.1 Å². The Kier molecular flexibility index (Phi) is 5.70. The lowest BCUT2D eigenvalue weighted by Gasteiger charge is -2.19. The van der Waals surface area contributed by atoms with Crippen LogP contribution < -0.4 is 4.87 Å². The highest BCUT2D eigenvalue weighted by atomic mass is 32.1. The van der Waals surface area contributed by atoms with E-state index in [-0.39, 0.29) is 10.7 Å². The summed E-state index contributed by atoms with van der Waals surface area (Å²) in [5.74, 6) is -0.268. The number of unbranched alkanes of at least 4 members (excludes halogenated alkanes) is 1. The van der Waals surface area contributed by atoms with Crippen molar-refractivity contribution >= 4 is 11.3 Å². The highest BCUT2D eigenvalue weighted by Crippen LogP contribution is 2.24. The average molecular weight is 308 g/mol. The number of aromatic amines is 1. The molecule has 0 saturated carbocycles. The van der Waals surface area contributed by atoms with Gasteiger partial charge in [0, 0.05) is 11.4 Å². The number of thiazole rings is 1. The number of rotatable bonds is 7. The van der Waals surface area contributed by atoms with Crippen LogP contribution in [0.5, 0.6) is 0 Å². The van der Waals surface area contributed by atoms with Gasteiger partial charge in [0.25, 0.3) is 0 Å². The highest BCUT2D eigenvalue weighted by Gasteiger charge is 2.13. The van der Waals surface area contributed by atoms with Gasteiger partial charge in [-0.3, -0.25) is 9.69 Å². The first-order chi connectivity index (χ1) is 10.1. The summed E-state index contributed by atoms with van der Waals surface area (Å²) >= 11 is 1.24. The first kappa shape index (κ1) is 15.9. The van der Waals surface area contributed by atoms with Gasteiger partial charge in [-0.2, -0.15) is 0 Å². The standard InChI is InChI=1S/C16H21FN2OS/c1-3-5-10-19(4-2)11-14-15(18-16(20)21-14)12-6-8-13(17)9-7-12/h6-9H,3-5,10-11H2,1-2H3,(H,18,20). The molecule has 0 radical (unpaired) electrons. The summed E-state index contributed by atoms with van der Waals surface area (Å²) in [4.78, 5) is 17.9. The van der Waals surface area contributed by atoms with Crippen molar-refractivity contribution in [2.75, 3.05) is 13.1 Å². The van der Waals surface area contributed by atoms with Crippen LogP contribution in [0.3, 0.4) is 0 Å². The van der Waals surface area contributed by atoms with E-state index in [4.69, 9.17) is 0 Å². The Bertz CT molecular complexity index is 618. The molecule has 2 aromatic rings. The fourth-order valence-corrected chi connectivity index (χ4v) is 3.15. The Morgan fingerprint density at radius 1 is 1.24 bits per heavy atom. The van der Waals surface area contributed by atoms with Gasteiger partial charge in [-0.25, -0.2) is 4.39 Å². The van der Waals surface area contributed by atoms with E-state index in [0.717, 1.165) is 48.6 Å². The Hall–Kier alpha value is -1.46. The number of H-pyrrole nitrogens is 1. The number of hydrogen-bond donors (Lipinski definition) is 1. The van der Waals surface area contributed by atoms with Gasteiger partial charge in [0.15, 0.2) is 0 Å². The fraction of sp³-hybridized carbons (Fsp3) is 0.438. The number of nitrogens with one attached hydrogen (secondary N) is 1. The molecule has 0 atom stereocenters. The van der Waals surface area contributed by atoms with E-state index in [9.17, 15) is 9.18 Å². The monoisotopic (exact) mass is 308 g/mol. The number of benzene rings is 1. The van der Waals surface area contributed by atoms with E-state index in [1.54, 1.807) is 12.1 Å². The minimum atomic E-state index is -0.268. The van der Waals surface area contributed by atoms with Gasteiger partial charge >= 0.3 is 4.87 Å². The van der Waals surface area contributed by atoms with Crippen molar-refractivity contribution in [1.82, 2.24) is 9.88 Å². The molecule has 1 aromatic heterocycles. The molecule has 0 fully saturated rings. The van der Waals surface area contributed by atoms with Crippen LogP contribution >= 0.6 is 11.3 Å². The normalized spacial score (nSPS) is 11.2. The molecule has 1 heterocycles. The lowest BCUT2D eigenvalue weighted by Crippen LogP contribution is -2.23. The van der Waals surface area contributed by atoms with Crippen molar-refractivity contribution in [1.29, 1.82) is 0 Å². The van der Waals surface area contributed by atoms with Crippen LogP contribution in [0, 0.1) is 5.82 Å². The molecule has 0 amide bonds. The van der Waals surface area contributed by atoms with Crippen molar-refractivity contribution in [2.45, 2.75) is 33.2 Å². The second kappa shape index (κ2) is 7.52. The second-order valence-electron chi connectivity index (χ2n) is 5.04. The zero-order chi connectivity index (χ0) is 15.2. The SMILES string of the molecule is CCCCN(CC)Cc1sc(=O)[nH]c1-c1ccc(F)cc1. The predicted octanol–water partition coefficient (Wildman–Crippen LogP) is 3.86. The maximum Gasteiger partial charge on any atom is 0.305 e. The number of halogens is 1. The maximum absolute atomic E-state index is 13.0. The van der Waals surface area contributed by atoms with Crippen LogP contribution in [-0.2, 0) is 6.54 Å². The van der Waals surface area contributed by atoms with E-state index in [2.05, 4.69) is 23.7 Å². The first-order valence-electron chi connectivity index (χ1n) is 7.34. The van der Waals surface area contributed by atoms with Crippen molar-refractivity contribution in [3.8, 4) is 11.3 Å². The Morgan fingerprint density at radius 3 is 2.57 bits per heavy atom. The zero-order valence-electron chi connectivity index (χ0n) is 12.5. The van der Waals surface area contributed by atoms with E-state index in [1.165, 1.54) is 23.5 Å². The molecule has 3 nitrogen and oxygen atoms in total. The van der Waals surface area contributed by atoms with E-state index >= 15 is 0 Å². The van der Waals surface area contributed by atoms with Gasteiger partial charge in [0.05, 0.1) is 5.69 Å². The lowest BCUT2D eigenvalue weighted by atomic mass is 10.1. The average Bonchev–Trinajstić information content (AvgIpc) is 2.85. The molecular weight excluding hydrogens is 287 g/mol. The van der Waals surface area contributed by atoms with Crippen LogP contribution in [-0.4, -0.2) is 23.0 Å². The number of hydrogen-bond acceptors (Lipinski definition) is 3. The first-order valence-corrected chi connectivity index (χ1v) is 8.16. The predicted molar refractivity (Wildman–Crippen MR) is 86.2 cm³/mol. The minimum absolute atomic E-state index is 0.0594. The van der Waals surface area contributed by atoms with Crippen LogP contribution in [0.25, 0.3) is 11.3 Å². The third-order valence-corrected chi connectivity index (χ3v) is 4.36. The molecular formula is C16H21FN2OS. The fourth-order valence-electron chi connectivity index (χ4n) is 2.26. The number of nitrogens with zero attached hydrogens (tertiary/aromatic N) is 1. The largest absolute Gasteiger partial charge is 0.312 e. The van der Waals surface area contributed by atoms with Crippen LogP contribution in [0.2, 0.25) is 0 Å². The van der Waals surface area contributed by atoms with Crippen molar-refractivity contribution in [3.05, 3.63) is 44.6 Å². The molecule has 114 valence electrons. The second-order valence-corrected chi connectivity index (χ2v) is 6.11. The van der Waals surface area contributed by atoms with E-state index in [1.807, 2.05) is 0 Å². The molecule has 0 aliphatic carbocycles. The van der Waals surface area contributed by atoms with E-state index in [0.29, 0.717) is 0 Å². The molecule has 0 saturated heterocycles. The molecule has 2 rings (SSSR count). The summed E-state index contributed by atoms with van der Waals surface area (Å²) in [5, 5.41) is 0. The van der Waals surface area contributed by atoms with Gasteiger partial charge < -0.3 is 4.98 Å². The number of aromatic nitrogens is 1. The van der Waals surface area contributed by atoms with Gasteiger partial charge in [-0.15, -0.1) is 0 Å². The van der Waals surface area contributed by atoms with Crippen LogP contribution in [0.15, 0.2) is 29.1 Å². The van der Waals surface area contributed by atoms with Crippen molar-refractivity contribution < 1.29 is 4.39 Å². The summed E-state index contributed by atoms with van der Waals surface area (Å²) < 4.78 is 13.0. The summed E-state index contributed by atoms with van der Waals surface area (Å²) in [6.45, 7) is 7.04. The Morgan fingerprint density at radius 2 is 1.95 bits per heavy atom. The summed E-state index contributed by atoms with van der Waals surface area (Å²) in [6.07, 6.45) is 2.31. The van der Waals surface area contributed by atoms with Crippen LogP contribution in [0.4, 0.5) is 4.39 Å². The third kappa shape index (κ3) is 4.25. The smallest absolute Gasteiger partial charge is 0.305 e. The molecule has 5 heteroatoms. The third-order valence-electron chi connectivity index (χ3n) is 3.50. The van der Waals surface area contributed by atoms with Crippen LogP contribution in [0.1, 0.15) is 31.6 Å². The van der Waals surface area contributed by atoms with Crippen molar-refractivity contribution in [2.24, 2.45) is 0 Å². The lowest BCUT2D eigenvalue weighted by molar-refractivity contribution is 0.278. The molecule has 0 spiro atoms. The van der Waals surface area contributed by atoms with Gasteiger partial charge in [0.2, 0.25) is 0 Å². The molecule has 1 aromatic carbocycles. The Labute approximate surface area is 128 Å². The molecule has 21 heavy (non-hydrogen) atoms. The van der Waals surface area contributed by atoms with Gasteiger partial charge in [0.1, 0.15) is 5.82 Å². The van der Waals surface area contributed by atoms with Gasteiger partial charge in [-0.1, -0.05) is 31.6 Å². The maximum atomic E-state index is 13.0. The zero-order valence-corrected chi connectivity index (χ0v) is 13.3. The molecule has 0 aliphatic rings. The quantitative estimate of drug-likeness (QED) is 0.843. The molecule has 0 bridgehead atoms. The van der Waals surface area contributed by atoms with Crippen molar-refractivity contribution in [3.63, 3.8) is 0 Å². The summed E-state index contributed by atoms with van der Waals surface area (Å²) in [7, 11) is 0. The van der Waals surface area contributed by atoms with Gasteiger partial charge in [-0.05, 0) is 49.3 Å². The highest BCUT2D eigenvalue weighted by molar-refractivity contribution is 7.09. The minimum Gasteiger partial charge on any atom is -0.312 e.